The summed E-state index contributed by atoms with van der Waals surface area (Å²) in [5, 5.41) is 0. The van der Waals surface area contributed by atoms with E-state index in [2.05, 4.69) is 30.8 Å². The van der Waals surface area contributed by atoms with Crippen LogP contribution in [0.4, 0.5) is 0 Å². The van der Waals surface area contributed by atoms with E-state index in [1.54, 1.807) is 0 Å². The SMILES string of the molecule is CCN(CCCN(C)C)CC(=O)c1ccn(C)c1. The van der Waals surface area contributed by atoms with Gasteiger partial charge in [0.2, 0.25) is 0 Å². The summed E-state index contributed by atoms with van der Waals surface area (Å²) in [4.78, 5) is 16.4. The maximum atomic E-state index is 12.1. The minimum atomic E-state index is 0.210. The molecule has 1 aromatic rings. The van der Waals surface area contributed by atoms with Crippen molar-refractivity contribution in [1.82, 2.24) is 14.4 Å². The van der Waals surface area contributed by atoms with Crippen molar-refractivity contribution in [1.29, 1.82) is 0 Å². The van der Waals surface area contributed by atoms with Gasteiger partial charge in [-0.25, -0.2) is 0 Å². The number of aromatic nitrogens is 1. The highest BCUT2D eigenvalue weighted by Gasteiger charge is 2.11. The second-order valence-electron chi connectivity index (χ2n) is 5.01. The Morgan fingerprint density at radius 1 is 1.33 bits per heavy atom. The van der Waals surface area contributed by atoms with Gasteiger partial charge in [0, 0.05) is 25.0 Å². The summed E-state index contributed by atoms with van der Waals surface area (Å²) < 4.78 is 1.91. The number of ketones is 1. The summed E-state index contributed by atoms with van der Waals surface area (Å²) in [6.45, 7) is 5.59. The number of carbonyl (C=O) groups excluding carboxylic acids is 1. The molecule has 0 fully saturated rings. The minimum Gasteiger partial charge on any atom is -0.357 e. The van der Waals surface area contributed by atoms with Crippen LogP contribution in [0.1, 0.15) is 23.7 Å². The molecule has 0 amide bonds. The van der Waals surface area contributed by atoms with Gasteiger partial charge in [0.1, 0.15) is 0 Å². The van der Waals surface area contributed by atoms with Gasteiger partial charge in [0.05, 0.1) is 6.54 Å². The van der Waals surface area contributed by atoms with E-state index in [1.807, 2.05) is 30.1 Å². The van der Waals surface area contributed by atoms with Crippen LogP contribution >= 0.6 is 0 Å². The van der Waals surface area contributed by atoms with Crippen LogP contribution in [0.5, 0.6) is 0 Å². The van der Waals surface area contributed by atoms with Gasteiger partial charge in [-0.1, -0.05) is 6.92 Å². The van der Waals surface area contributed by atoms with Crippen molar-refractivity contribution in [3.8, 4) is 0 Å². The standard InChI is InChI=1S/C14H25N3O/c1-5-17(9-6-8-15(2)3)12-14(18)13-7-10-16(4)11-13/h7,10-11H,5-6,8-9,12H2,1-4H3. The molecule has 1 rings (SSSR count). The van der Waals surface area contributed by atoms with Crippen LogP contribution in [0.2, 0.25) is 0 Å². The molecule has 0 aliphatic carbocycles. The monoisotopic (exact) mass is 251 g/mol. The van der Waals surface area contributed by atoms with Crippen LogP contribution in [0, 0.1) is 0 Å². The Morgan fingerprint density at radius 3 is 2.56 bits per heavy atom. The average molecular weight is 251 g/mol. The zero-order valence-electron chi connectivity index (χ0n) is 12.0. The number of hydrogen-bond acceptors (Lipinski definition) is 3. The highest BCUT2D eigenvalue weighted by molar-refractivity contribution is 5.97. The van der Waals surface area contributed by atoms with Gasteiger partial charge < -0.3 is 9.47 Å². The average Bonchev–Trinajstić information content (AvgIpc) is 2.74. The third kappa shape index (κ3) is 5.02. The fourth-order valence-corrected chi connectivity index (χ4v) is 1.92. The van der Waals surface area contributed by atoms with Gasteiger partial charge in [-0.3, -0.25) is 9.69 Å². The molecule has 0 unspecified atom stereocenters. The van der Waals surface area contributed by atoms with Crippen LogP contribution in [-0.4, -0.2) is 60.4 Å². The van der Waals surface area contributed by atoms with Gasteiger partial charge in [-0.05, 0) is 46.2 Å². The van der Waals surface area contributed by atoms with E-state index >= 15 is 0 Å². The van der Waals surface area contributed by atoms with Crippen LogP contribution < -0.4 is 0 Å². The zero-order valence-corrected chi connectivity index (χ0v) is 12.0. The molecule has 0 saturated heterocycles. The predicted molar refractivity (Wildman–Crippen MR) is 75.0 cm³/mol. The number of hydrogen-bond donors (Lipinski definition) is 0. The number of rotatable bonds is 8. The van der Waals surface area contributed by atoms with Crippen molar-refractivity contribution in [2.75, 3.05) is 40.3 Å². The second kappa shape index (κ2) is 7.34. The molecule has 18 heavy (non-hydrogen) atoms. The molecule has 4 heteroatoms. The molecule has 0 spiro atoms. The molecule has 0 aromatic carbocycles. The topological polar surface area (TPSA) is 28.5 Å². The third-order valence-electron chi connectivity index (χ3n) is 3.05. The van der Waals surface area contributed by atoms with Crippen molar-refractivity contribution in [3.05, 3.63) is 24.0 Å². The lowest BCUT2D eigenvalue weighted by Gasteiger charge is -2.20. The van der Waals surface area contributed by atoms with Gasteiger partial charge in [-0.15, -0.1) is 0 Å². The first-order chi connectivity index (χ1) is 8.52. The van der Waals surface area contributed by atoms with E-state index in [0.717, 1.165) is 31.6 Å². The van der Waals surface area contributed by atoms with Crippen molar-refractivity contribution in [2.24, 2.45) is 7.05 Å². The molecule has 1 aromatic heterocycles. The fourth-order valence-electron chi connectivity index (χ4n) is 1.92. The molecule has 0 bridgehead atoms. The molecular weight excluding hydrogens is 226 g/mol. The predicted octanol–water partition coefficient (Wildman–Crippen LogP) is 1.48. The van der Waals surface area contributed by atoms with Crippen LogP contribution in [0.3, 0.4) is 0 Å². The Labute approximate surface area is 110 Å². The van der Waals surface area contributed by atoms with Gasteiger partial charge in [0.15, 0.2) is 5.78 Å². The highest BCUT2D eigenvalue weighted by Crippen LogP contribution is 2.03. The van der Waals surface area contributed by atoms with Crippen molar-refractivity contribution >= 4 is 5.78 Å². The molecule has 0 saturated carbocycles. The van der Waals surface area contributed by atoms with Crippen molar-refractivity contribution < 1.29 is 4.79 Å². The van der Waals surface area contributed by atoms with E-state index < -0.39 is 0 Å². The Morgan fingerprint density at radius 2 is 2.06 bits per heavy atom. The Hall–Kier alpha value is -1.13. The maximum absolute atomic E-state index is 12.1. The zero-order chi connectivity index (χ0) is 13.5. The van der Waals surface area contributed by atoms with Crippen LogP contribution in [-0.2, 0) is 7.05 Å². The maximum Gasteiger partial charge on any atom is 0.178 e. The number of aryl methyl sites for hydroxylation is 1. The number of nitrogens with zero attached hydrogens (tertiary/aromatic N) is 3. The number of Topliss-reactive ketones (excluding diaryl/α,β-unsaturated/α-hetero) is 1. The first kappa shape index (κ1) is 14.9. The smallest absolute Gasteiger partial charge is 0.178 e. The molecule has 0 radical (unpaired) electrons. The lowest BCUT2D eigenvalue weighted by Crippen LogP contribution is -2.32. The Balaban J connectivity index is 2.40. The minimum absolute atomic E-state index is 0.210. The molecule has 1 heterocycles. The fraction of sp³-hybridized carbons (Fsp3) is 0.643. The molecule has 4 nitrogen and oxygen atoms in total. The largest absolute Gasteiger partial charge is 0.357 e. The van der Waals surface area contributed by atoms with Gasteiger partial charge in [-0.2, -0.15) is 0 Å². The summed E-state index contributed by atoms with van der Waals surface area (Å²) in [7, 11) is 6.09. The molecule has 0 N–H and O–H groups in total. The normalized spacial score (nSPS) is 11.4. The lowest BCUT2D eigenvalue weighted by atomic mass is 10.2. The lowest BCUT2D eigenvalue weighted by molar-refractivity contribution is 0.0932. The van der Waals surface area contributed by atoms with Gasteiger partial charge in [0.25, 0.3) is 0 Å². The van der Waals surface area contributed by atoms with Crippen LogP contribution in [0.15, 0.2) is 18.5 Å². The highest BCUT2D eigenvalue weighted by atomic mass is 16.1. The Kier molecular flexibility index (Phi) is 6.09. The third-order valence-corrected chi connectivity index (χ3v) is 3.05. The van der Waals surface area contributed by atoms with Crippen molar-refractivity contribution in [2.45, 2.75) is 13.3 Å². The molecule has 0 aliphatic rings. The Bertz CT molecular complexity index is 371. The van der Waals surface area contributed by atoms with Crippen LogP contribution in [0.25, 0.3) is 0 Å². The molecular formula is C14H25N3O. The molecule has 0 aliphatic heterocycles. The molecule has 102 valence electrons. The first-order valence-corrected chi connectivity index (χ1v) is 6.55. The number of carbonyl (C=O) groups is 1. The van der Waals surface area contributed by atoms with Crippen molar-refractivity contribution in [3.63, 3.8) is 0 Å². The quantitative estimate of drug-likeness (QED) is 0.655. The van der Waals surface area contributed by atoms with Gasteiger partial charge >= 0.3 is 0 Å². The first-order valence-electron chi connectivity index (χ1n) is 6.55. The van der Waals surface area contributed by atoms with E-state index in [9.17, 15) is 4.79 Å². The molecule has 0 atom stereocenters. The number of likely N-dealkylation sites (N-methyl/N-ethyl adjacent to an activating group) is 1. The van der Waals surface area contributed by atoms with E-state index in [0.29, 0.717) is 6.54 Å². The van der Waals surface area contributed by atoms with E-state index in [1.165, 1.54) is 0 Å². The summed E-state index contributed by atoms with van der Waals surface area (Å²) in [5.74, 6) is 0.210. The second-order valence-corrected chi connectivity index (χ2v) is 5.01. The van der Waals surface area contributed by atoms with E-state index in [-0.39, 0.29) is 5.78 Å². The summed E-state index contributed by atoms with van der Waals surface area (Å²) >= 11 is 0. The summed E-state index contributed by atoms with van der Waals surface area (Å²) in [6, 6.07) is 1.88. The summed E-state index contributed by atoms with van der Waals surface area (Å²) in [6.07, 6.45) is 4.90. The summed E-state index contributed by atoms with van der Waals surface area (Å²) in [5.41, 5.74) is 0.809. The van der Waals surface area contributed by atoms with E-state index in [4.69, 9.17) is 0 Å².